The Morgan fingerprint density at radius 1 is 1.19 bits per heavy atom. The number of nitrogens with zero attached hydrogens (tertiary/aromatic N) is 5. The highest BCUT2D eigenvalue weighted by Gasteiger charge is 2.25. The molecule has 134 valence electrons. The molecule has 0 aliphatic carbocycles. The summed E-state index contributed by atoms with van der Waals surface area (Å²) in [7, 11) is 0. The number of aliphatic hydroxyl groups is 1. The Morgan fingerprint density at radius 2 is 2.00 bits per heavy atom. The maximum Gasteiger partial charge on any atom is 0.241 e. The molecule has 3 heterocycles. The smallest absolute Gasteiger partial charge is 0.241 e. The first kappa shape index (κ1) is 16.8. The van der Waals surface area contributed by atoms with Crippen LogP contribution in [0.25, 0.3) is 22.6 Å². The number of likely N-dealkylation sites (tertiary alicyclic amines) is 1. The van der Waals surface area contributed by atoms with Crippen LogP contribution >= 0.6 is 0 Å². The quantitative estimate of drug-likeness (QED) is 0.772. The van der Waals surface area contributed by atoms with Crippen molar-refractivity contribution in [2.45, 2.75) is 26.0 Å². The predicted molar refractivity (Wildman–Crippen MR) is 95.8 cm³/mol. The highest BCUT2D eigenvalue weighted by Crippen LogP contribution is 2.23. The zero-order valence-electron chi connectivity index (χ0n) is 14.6. The molecule has 0 spiro atoms. The van der Waals surface area contributed by atoms with Crippen molar-refractivity contribution in [1.29, 1.82) is 0 Å². The lowest BCUT2D eigenvalue weighted by molar-refractivity contribution is 0.0282. The van der Waals surface area contributed by atoms with E-state index in [1.807, 2.05) is 30.3 Å². The summed E-state index contributed by atoms with van der Waals surface area (Å²) in [4.78, 5) is 14.9. The molecule has 0 unspecified atom stereocenters. The molecule has 1 aromatic carbocycles. The highest BCUT2D eigenvalue weighted by molar-refractivity contribution is 5.64. The van der Waals surface area contributed by atoms with Crippen LogP contribution < -0.4 is 0 Å². The van der Waals surface area contributed by atoms with Gasteiger partial charge in [0.2, 0.25) is 11.7 Å². The Hall–Kier alpha value is -2.64. The van der Waals surface area contributed by atoms with Crippen molar-refractivity contribution in [3.8, 4) is 22.6 Å². The van der Waals surface area contributed by atoms with Crippen molar-refractivity contribution in [1.82, 2.24) is 25.0 Å². The number of aliphatic hydroxyl groups excluding tert-OH is 1. The molecule has 1 N–H and O–H groups in total. The SMILES string of the molecule is C[C@@H]1CN(Cc2nc(-c3ccc(-c4ccncn4)cc3)no2)CC[C@H]1O. The lowest BCUT2D eigenvalue weighted by atomic mass is 9.97. The van der Waals surface area contributed by atoms with E-state index in [1.165, 1.54) is 6.33 Å². The summed E-state index contributed by atoms with van der Waals surface area (Å²) >= 11 is 0. The molecule has 7 nitrogen and oxygen atoms in total. The summed E-state index contributed by atoms with van der Waals surface area (Å²) in [6.45, 7) is 4.36. The molecule has 7 heteroatoms. The van der Waals surface area contributed by atoms with Gasteiger partial charge in [0.1, 0.15) is 6.33 Å². The monoisotopic (exact) mass is 351 g/mol. The second kappa shape index (κ2) is 7.31. The summed E-state index contributed by atoms with van der Waals surface area (Å²) < 4.78 is 5.41. The highest BCUT2D eigenvalue weighted by atomic mass is 16.5. The molecule has 1 fully saturated rings. The molecular weight excluding hydrogens is 330 g/mol. The van der Waals surface area contributed by atoms with Gasteiger partial charge in [-0.05, 0) is 18.4 Å². The fourth-order valence-electron chi connectivity index (χ4n) is 3.24. The molecule has 4 rings (SSSR count). The summed E-state index contributed by atoms with van der Waals surface area (Å²) in [6.07, 6.45) is 3.84. The predicted octanol–water partition coefficient (Wildman–Crippen LogP) is 2.40. The Labute approximate surface area is 151 Å². The van der Waals surface area contributed by atoms with Crippen molar-refractivity contribution < 1.29 is 9.63 Å². The van der Waals surface area contributed by atoms with Gasteiger partial charge < -0.3 is 9.63 Å². The Balaban J connectivity index is 1.44. The lowest BCUT2D eigenvalue weighted by Gasteiger charge is -2.33. The van der Waals surface area contributed by atoms with Crippen LogP contribution in [0.1, 0.15) is 19.2 Å². The molecule has 0 saturated carbocycles. The van der Waals surface area contributed by atoms with E-state index in [9.17, 15) is 5.11 Å². The van der Waals surface area contributed by atoms with Crippen molar-refractivity contribution >= 4 is 0 Å². The Kier molecular flexibility index (Phi) is 4.73. The van der Waals surface area contributed by atoms with Gasteiger partial charge in [-0.2, -0.15) is 4.98 Å². The van der Waals surface area contributed by atoms with Gasteiger partial charge >= 0.3 is 0 Å². The molecule has 1 aliphatic heterocycles. The van der Waals surface area contributed by atoms with E-state index in [0.717, 1.165) is 36.3 Å². The van der Waals surface area contributed by atoms with Gasteiger partial charge in [0, 0.05) is 30.4 Å². The summed E-state index contributed by atoms with van der Waals surface area (Å²) in [5.74, 6) is 1.45. The summed E-state index contributed by atoms with van der Waals surface area (Å²) in [5, 5.41) is 13.9. The van der Waals surface area contributed by atoms with Crippen molar-refractivity contribution in [3.05, 3.63) is 48.7 Å². The van der Waals surface area contributed by atoms with Crippen molar-refractivity contribution in [2.24, 2.45) is 5.92 Å². The van der Waals surface area contributed by atoms with E-state index in [-0.39, 0.29) is 12.0 Å². The van der Waals surface area contributed by atoms with Crippen LogP contribution in [0.4, 0.5) is 0 Å². The average molecular weight is 351 g/mol. The first-order chi connectivity index (χ1) is 12.7. The summed E-state index contributed by atoms with van der Waals surface area (Å²) in [6, 6.07) is 9.78. The number of piperidine rings is 1. The van der Waals surface area contributed by atoms with Crippen LogP contribution in [-0.2, 0) is 6.54 Å². The molecule has 0 amide bonds. The molecule has 3 aromatic rings. The second-order valence-electron chi connectivity index (χ2n) is 6.75. The van der Waals surface area contributed by atoms with Gasteiger partial charge in [-0.15, -0.1) is 0 Å². The zero-order valence-corrected chi connectivity index (χ0v) is 14.6. The second-order valence-corrected chi connectivity index (χ2v) is 6.75. The normalized spacial score (nSPS) is 21.0. The number of benzene rings is 1. The number of hydrogen-bond donors (Lipinski definition) is 1. The standard InChI is InChI=1S/C19H21N5O2/c1-13-10-24(9-7-17(13)25)11-18-22-19(23-26-18)15-4-2-14(3-5-15)16-6-8-20-12-21-16/h2-6,8,12-13,17,25H,7,9-11H2,1H3/t13-,17-/m1/s1. The van der Waals surface area contributed by atoms with E-state index < -0.39 is 0 Å². The van der Waals surface area contributed by atoms with Gasteiger partial charge in [0.15, 0.2) is 0 Å². The number of rotatable bonds is 4. The third kappa shape index (κ3) is 3.63. The maximum absolute atomic E-state index is 9.83. The minimum absolute atomic E-state index is 0.210. The third-order valence-corrected chi connectivity index (χ3v) is 4.79. The van der Waals surface area contributed by atoms with Crippen LogP contribution in [-0.4, -0.2) is 49.3 Å². The zero-order chi connectivity index (χ0) is 17.9. The molecule has 1 saturated heterocycles. The van der Waals surface area contributed by atoms with E-state index >= 15 is 0 Å². The largest absolute Gasteiger partial charge is 0.393 e. The topological polar surface area (TPSA) is 88.2 Å². The number of hydrogen-bond acceptors (Lipinski definition) is 7. The average Bonchev–Trinajstić information content (AvgIpc) is 3.14. The fraction of sp³-hybridized carbons (Fsp3) is 0.368. The molecule has 2 aromatic heterocycles. The molecule has 2 atom stereocenters. The lowest BCUT2D eigenvalue weighted by Crippen LogP contribution is -2.41. The van der Waals surface area contributed by atoms with Gasteiger partial charge in [-0.1, -0.05) is 36.3 Å². The van der Waals surface area contributed by atoms with E-state index in [1.54, 1.807) is 6.20 Å². The van der Waals surface area contributed by atoms with Crippen molar-refractivity contribution in [2.75, 3.05) is 13.1 Å². The molecular formula is C19H21N5O2. The van der Waals surface area contributed by atoms with E-state index in [2.05, 4.69) is 31.9 Å². The van der Waals surface area contributed by atoms with Crippen LogP contribution in [0.3, 0.4) is 0 Å². The van der Waals surface area contributed by atoms with Gasteiger partial charge in [-0.25, -0.2) is 9.97 Å². The third-order valence-electron chi connectivity index (χ3n) is 4.79. The minimum Gasteiger partial charge on any atom is -0.393 e. The van der Waals surface area contributed by atoms with Crippen LogP contribution in [0.15, 0.2) is 47.4 Å². The van der Waals surface area contributed by atoms with Crippen LogP contribution in [0.2, 0.25) is 0 Å². The van der Waals surface area contributed by atoms with Gasteiger partial charge in [0.05, 0.1) is 18.3 Å². The van der Waals surface area contributed by atoms with Gasteiger partial charge in [-0.3, -0.25) is 4.90 Å². The van der Waals surface area contributed by atoms with Crippen LogP contribution in [0.5, 0.6) is 0 Å². The fourth-order valence-corrected chi connectivity index (χ4v) is 3.24. The molecule has 26 heavy (non-hydrogen) atoms. The van der Waals surface area contributed by atoms with E-state index in [4.69, 9.17) is 4.52 Å². The Morgan fingerprint density at radius 3 is 2.73 bits per heavy atom. The summed E-state index contributed by atoms with van der Waals surface area (Å²) in [5.41, 5.74) is 2.79. The van der Waals surface area contributed by atoms with Gasteiger partial charge in [0.25, 0.3) is 0 Å². The first-order valence-electron chi connectivity index (χ1n) is 8.79. The van der Waals surface area contributed by atoms with Crippen molar-refractivity contribution in [3.63, 3.8) is 0 Å². The maximum atomic E-state index is 9.83. The molecule has 0 bridgehead atoms. The Bertz CT molecular complexity index is 850. The molecule has 0 radical (unpaired) electrons. The first-order valence-corrected chi connectivity index (χ1v) is 8.79. The van der Waals surface area contributed by atoms with E-state index in [0.29, 0.717) is 18.3 Å². The molecule has 1 aliphatic rings. The number of aromatic nitrogens is 4. The van der Waals surface area contributed by atoms with Crippen LogP contribution in [0, 0.1) is 5.92 Å². The minimum atomic E-state index is -0.210.